The standard InChI is InChI=1S/C14H21N3O5S/c1-4-16(5-2)14(18)10-15(3)23(21,22)11-12-6-8-13(9-7-12)17(19)20/h6-9H,4-5,10-11H2,1-3H3. The van der Waals surface area contributed by atoms with E-state index in [0.29, 0.717) is 18.7 Å². The van der Waals surface area contributed by atoms with E-state index in [0.717, 1.165) is 4.31 Å². The number of nitrogens with zero attached hydrogens (tertiary/aromatic N) is 3. The predicted octanol–water partition coefficient (Wildman–Crippen LogP) is 1.22. The zero-order valence-corrected chi connectivity index (χ0v) is 14.2. The first-order valence-corrected chi connectivity index (χ1v) is 8.77. The zero-order chi connectivity index (χ0) is 17.6. The first kappa shape index (κ1) is 19.0. The van der Waals surface area contributed by atoms with Crippen LogP contribution in [0.2, 0.25) is 0 Å². The maximum Gasteiger partial charge on any atom is 0.269 e. The lowest BCUT2D eigenvalue weighted by atomic mass is 10.2. The molecule has 0 heterocycles. The molecule has 0 aliphatic carbocycles. The molecule has 1 aromatic carbocycles. The molecule has 0 aliphatic rings. The van der Waals surface area contributed by atoms with E-state index in [-0.39, 0.29) is 23.9 Å². The van der Waals surface area contributed by atoms with E-state index in [9.17, 15) is 23.3 Å². The fraction of sp³-hybridized carbons (Fsp3) is 0.500. The SMILES string of the molecule is CCN(CC)C(=O)CN(C)S(=O)(=O)Cc1ccc([N+](=O)[O-])cc1. The second kappa shape index (κ2) is 8.02. The first-order valence-electron chi connectivity index (χ1n) is 7.16. The summed E-state index contributed by atoms with van der Waals surface area (Å²) in [4.78, 5) is 23.6. The molecule has 0 radical (unpaired) electrons. The molecule has 8 nitrogen and oxygen atoms in total. The summed E-state index contributed by atoms with van der Waals surface area (Å²) in [6.45, 7) is 4.47. The Hall–Kier alpha value is -2.00. The molecule has 0 N–H and O–H groups in total. The third-order valence-corrected chi connectivity index (χ3v) is 5.22. The van der Waals surface area contributed by atoms with Crippen LogP contribution in [0.1, 0.15) is 19.4 Å². The Morgan fingerprint density at radius 1 is 1.17 bits per heavy atom. The summed E-state index contributed by atoms with van der Waals surface area (Å²) in [7, 11) is -2.33. The Morgan fingerprint density at radius 3 is 2.13 bits per heavy atom. The van der Waals surface area contributed by atoms with Crippen molar-refractivity contribution in [2.45, 2.75) is 19.6 Å². The van der Waals surface area contributed by atoms with E-state index >= 15 is 0 Å². The normalized spacial score (nSPS) is 11.5. The maximum atomic E-state index is 12.3. The van der Waals surface area contributed by atoms with Crippen LogP contribution in [-0.2, 0) is 20.6 Å². The van der Waals surface area contributed by atoms with Crippen LogP contribution in [-0.4, -0.2) is 55.1 Å². The Labute approximate surface area is 135 Å². The van der Waals surface area contributed by atoms with Crippen LogP contribution < -0.4 is 0 Å². The van der Waals surface area contributed by atoms with Crippen LogP contribution >= 0.6 is 0 Å². The van der Waals surface area contributed by atoms with Crippen LogP contribution in [0.15, 0.2) is 24.3 Å². The van der Waals surface area contributed by atoms with Gasteiger partial charge in [-0.25, -0.2) is 8.42 Å². The van der Waals surface area contributed by atoms with Crippen LogP contribution in [0.5, 0.6) is 0 Å². The fourth-order valence-corrected chi connectivity index (χ4v) is 3.14. The zero-order valence-electron chi connectivity index (χ0n) is 13.4. The minimum absolute atomic E-state index is 0.101. The molecule has 0 fully saturated rings. The third kappa shape index (κ3) is 5.29. The highest BCUT2D eigenvalue weighted by molar-refractivity contribution is 7.88. The molecule has 9 heteroatoms. The van der Waals surface area contributed by atoms with Gasteiger partial charge in [-0.05, 0) is 19.4 Å². The molecule has 1 aromatic rings. The number of carbonyl (C=O) groups excluding carboxylic acids is 1. The van der Waals surface area contributed by atoms with Gasteiger partial charge in [0.15, 0.2) is 0 Å². The van der Waals surface area contributed by atoms with Crippen molar-refractivity contribution >= 4 is 21.6 Å². The van der Waals surface area contributed by atoms with Gasteiger partial charge in [0.25, 0.3) is 5.69 Å². The summed E-state index contributed by atoms with van der Waals surface area (Å²) in [6, 6.07) is 5.31. The molecule has 1 rings (SSSR count). The average molecular weight is 343 g/mol. The summed E-state index contributed by atoms with van der Waals surface area (Å²) >= 11 is 0. The number of nitro benzene ring substituents is 1. The van der Waals surface area contributed by atoms with E-state index in [1.165, 1.54) is 31.3 Å². The lowest BCUT2D eigenvalue weighted by molar-refractivity contribution is -0.384. The summed E-state index contributed by atoms with van der Waals surface area (Å²) in [6.07, 6.45) is 0. The van der Waals surface area contributed by atoms with Crippen LogP contribution in [0.3, 0.4) is 0 Å². The number of non-ortho nitro benzene ring substituents is 1. The van der Waals surface area contributed by atoms with Gasteiger partial charge >= 0.3 is 0 Å². The van der Waals surface area contributed by atoms with Crippen LogP contribution in [0.4, 0.5) is 5.69 Å². The highest BCUT2D eigenvalue weighted by Gasteiger charge is 2.23. The number of amides is 1. The van der Waals surface area contributed by atoms with Gasteiger partial charge in [-0.3, -0.25) is 14.9 Å². The summed E-state index contributed by atoms with van der Waals surface area (Å²) < 4.78 is 25.6. The Balaban J connectivity index is 2.78. The number of hydrogen-bond donors (Lipinski definition) is 0. The Bertz CT molecular complexity index is 653. The largest absolute Gasteiger partial charge is 0.342 e. The van der Waals surface area contributed by atoms with Gasteiger partial charge < -0.3 is 4.90 Å². The summed E-state index contributed by atoms with van der Waals surface area (Å²) in [5, 5.41) is 10.6. The lowest BCUT2D eigenvalue weighted by Gasteiger charge is -2.23. The first-order chi connectivity index (χ1) is 10.7. The highest BCUT2D eigenvalue weighted by atomic mass is 32.2. The van der Waals surface area contributed by atoms with Crippen molar-refractivity contribution in [3.8, 4) is 0 Å². The van der Waals surface area contributed by atoms with Crippen molar-refractivity contribution < 1.29 is 18.1 Å². The van der Waals surface area contributed by atoms with Gasteiger partial charge in [-0.2, -0.15) is 4.31 Å². The van der Waals surface area contributed by atoms with Crippen molar-refractivity contribution in [3.05, 3.63) is 39.9 Å². The number of rotatable bonds is 8. The monoisotopic (exact) mass is 343 g/mol. The number of nitro groups is 1. The van der Waals surface area contributed by atoms with Crippen molar-refractivity contribution in [2.24, 2.45) is 0 Å². The molecule has 0 saturated heterocycles. The lowest BCUT2D eigenvalue weighted by Crippen LogP contribution is -2.41. The van der Waals surface area contributed by atoms with Crippen molar-refractivity contribution in [2.75, 3.05) is 26.7 Å². The van der Waals surface area contributed by atoms with Gasteiger partial charge in [0.05, 0.1) is 17.2 Å². The Kier molecular flexibility index (Phi) is 6.64. The molecule has 23 heavy (non-hydrogen) atoms. The summed E-state index contributed by atoms with van der Waals surface area (Å²) in [5.41, 5.74) is 0.328. The van der Waals surface area contributed by atoms with Gasteiger partial charge in [-0.15, -0.1) is 0 Å². The minimum Gasteiger partial charge on any atom is -0.342 e. The van der Waals surface area contributed by atoms with Gasteiger partial charge in [0.2, 0.25) is 15.9 Å². The molecular weight excluding hydrogens is 322 g/mol. The number of benzene rings is 1. The molecule has 0 aliphatic heterocycles. The second-order valence-electron chi connectivity index (χ2n) is 5.00. The van der Waals surface area contributed by atoms with E-state index < -0.39 is 14.9 Å². The van der Waals surface area contributed by atoms with Crippen molar-refractivity contribution in [3.63, 3.8) is 0 Å². The molecular formula is C14H21N3O5S. The predicted molar refractivity (Wildman–Crippen MR) is 86.3 cm³/mol. The highest BCUT2D eigenvalue weighted by Crippen LogP contribution is 2.15. The van der Waals surface area contributed by atoms with Crippen molar-refractivity contribution in [1.82, 2.24) is 9.21 Å². The van der Waals surface area contributed by atoms with Gasteiger partial charge in [-0.1, -0.05) is 12.1 Å². The van der Waals surface area contributed by atoms with Crippen LogP contribution in [0, 0.1) is 10.1 Å². The average Bonchev–Trinajstić information content (AvgIpc) is 2.48. The minimum atomic E-state index is -3.68. The maximum absolute atomic E-state index is 12.3. The molecule has 0 saturated carbocycles. The third-order valence-electron chi connectivity index (χ3n) is 3.45. The molecule has 0 atom stereocenters. The molecule has 0 spiro atoms. The van der Waals surface area contributed by atoms with E-state index in [4.69, 9.17) is 0 Å². The van der Waals surface area contributed by atoms with Crippen molar-refractivity contribution in [1.29, 1.82) is 0 Å². The van der Waals surface area contributed by atoms with Gasteiger partial charge in [0, 0.05) is 32.3 Å². The fourth-order valence-electron chi connectivity index (χ4n) is 2.00. The molecule has 0 bridgehead atoms. The number of sulfonamides is 1. The molecule has 0 aromatic heterocycles. The number of likely N-dealkylation sites (N-methyl/N-ethyl adjacent to an activating group) is 2. The number of carbonyl (C=O) groups is 1. The number of hydrogen-bond acceptors (Lipinski definition) is 5. The molecule has 1 amide bonds. The molecule has 128 valence electrons. The summed E-state index contributed by atoms with van der Waals surface area (Å²) in [5.74, 6) is -0.572. The van der Waals surface area contributed by atoms with E-state index in [1.54, 1.807) is 4.90 Å². The van der Waals surface area contributed by atoms with Crippen LogP contribution in [0.25, 0.3) is 0 Å². The van der Waals surface area contributed by atoms with E-state index in [2.05, 4.69) is 0 Å². The van der Waals surface area contributed by atoms with E-state index in [1.807, 2.05) is 13.8 Å². The quantitative estimate of drug-likeness (QED) is 0.522. The smallest absolute Gasteiger partial charge is 0.269 e. The Morgan fingerprint density at radius 2 is 1.70 bits per heavy atom. The second-order valence-corrected chi connectivity index (χ2v) is 7.08. The topological polar surface area (TPSA) is 101 Å². The van der Waals surface area contributed by atoms with Gasteiger partial charge in [0.1, 0.15) is 0 Å². The molecule has 0 unspecified atom stereocenters.